The number of fused-ring (bicyclic) bond motifs is 1. The maximum Gasteiger partial charge on any atom is 0.0753 e. The minimum atomic E-state index is 0.113. The lowest BCUT2D eigenvalue weighted by atomic mass is 9.97. The Balaban J connectivity index is 2.13. The summed E-state index contributed by atoms with van der Waals surface area (Å²) in [5.74, 6) is 0. The molecule has 0 saturated heterocycles. The fraction of sp³-hybridized carbons (Fsp3) is 0.222. The van der Waals surface area contributed by atoms with E-state index in [9.17, 15) is 0 Å². The summed E-state index contributed by atoms with van der Waals surface area (Å²) in [5.41, 5.74) is 4.44. The molecule has 2 aromatic heterocycles. The monoisotopic (exact) mass is 277 g/mol. The predicted molar refractivity (Wildman–Crippen MR) is 86.2 cm³/mol. The largest absolute Gasteiger partial charge is 0.306 e. The van der Waals surface area contributed by atoms with Crippen LogP contribution < -0.4 is 5.32 Å². The highest BCUT2D eigenvalue weighted by molar-refractivity contribution is 5.82. The smallest absolute Gasteiger partial charge is 0.0753 e. The van der Waals surface area contributed by atoms with Crippen LogP contribution in [0.4, 0.5) is 0 Å². The molecule has 1 N–H and O–H groups in total. The molecule has 0 saturated carbocycles. The predicted octanol–water partition coefficient (Wildman–Crippen LogP) is 3.64. The van der Waals surface area contributed by atoms with E-state index in [4.69, 9.17) is 0 Å². The molecule has 3 nitrogen and oxygen atoms in total. The van der Waals surface area contributed by atoms with Crippen LogP contribution in [0.25, 0.3) is 10.9 Å². The molecule has 0 aliphatic rings. The van der Waals surface area contributed by atoms with E-state index in [0.29, 0.717) is 0 Å². The summed E-state index contributed by atoms with van der Waals surface area (Å²) in [6.07, 6.45) is 3.80. The van der Waals surface area contributed by atoms with Crippen LogP contribution in [0.2, 0.25) is 0 Å². The van der Waals surface area contributed by atoms with E-state index in [1.165, 1.54) is 11.1 Å². The number of pyridine rings is 2. The van der Waals surface area contributed by atoms with E-state index < -0.39 is 0 Å². The van der Waals surface area contributed by atoms with E-state index >= 15 is 0 Å². The van der Waals surface area contributed by atoms with Gasteiger partial charge in [0.25, 0.3) is 0 Å². The van der Waals surface area contributed by atoms with Crippen molar-refractivity contribution in [3.63, 3.8) is 0 Å². The molecule has 0 fully saturated rings. The SMILES string of the molecule is CCNC(c1ccc(C)nc1)c1cccc2cccnc12. The number of aryl methyl sites for hydroxylation is 1. The van der Waals surface area contributed by atoms with Gasteiger partial charge in [0.05, 0.1) is 11.6 Å². The second-order valence-electron chi connectivity index (χ2n) is 5.15. The molecule has 2 heterocycles. The van der Waals surface area contributed by atoms with Gasteiger partial charge >= 0.3 is 0 Å². The molecule has 1 atom stereocenters. The van der Waals surface area contributed by atoms with E-state index in [1.54, 1.807) is 0 Å². The highest BCUT2D eigenvalue weighted by Crippen LogP contribution is 2.27. The van der Waals surface area contributed by atoms with Crippen LogP contribution in [-0.2, 0) is 0 Å². The summed E-state index contributed by atoms with van der Waals surface area (Å²) in [6, 6.07) is 14.7. The highest BCUT2D eigenvalue weighted by Gasteiger charge is 2.16. The van der Waals surface area contributed by atoms with Crippen molar-refractivity contribution < 1.29 is 0 Å². The summed E-state index contributed by atoms with van der Waals surface area (Å²) in [4.78, 5) is 8.99. The molecule has 3 aromatic rings. The molecule has 0 bridgehead atoms. The Morgan fingerprint density at radius 2 is 1.90 bits per heavy atom. The number of aromatic nitrogens is 2. The van der Waals surface area contributed by atoms with Gasteiger partial charge in [-0.15, -0.1) is 0 Å². The van der Waals surface area contributed by atoms with Gasteiger partial charge in [0.15, 0.2) is 0 Å². The average molecular weight is 277 g/mol. The summed E-state index contributed by atoms with van der Waals surface area (Å²) < 4.78 is 0. The third kappa shape index (κ3) is 2.78. The van der Waals surface area contributed by atoms with Crippen LogP contribution in [0.3, 0.4) is 0 Å². The molecule has 106 valence electrons. The van der Waals surface area contributed by atoms with Gasteiger partial charge in [-0.25, -0.2) is 0 Å². The van der Waals surface area contributed by atoms with Gasteiger partial charge in [0, 0.05) is 23.5 Å². The van der Waals surface area contributed by atoms with E-state index in [0.717, 1.165) is 23.1 Å². The van der Waals surface area contributed by atoms with Crippen molar-refractivity contribution in [3.8, 4) is 0 Å². The van der Waals surface area contributed by atoms with Crippen molar-refractivity contribution >= 4 is 10.9 Å². The van der Waals surface area contributed by atoms with Crippen molar-refractivity contribution in [3.05, 3.63) is 71.7 Å². The number of nitrogens with zero attached hydrogens (tertiary/aromatic N) is 2. The molecule has 1 unspecified atom stereocenters. The Bertz CT molecular complexity index is 730. The van der Waals surface area contributed by atoms with Crippen LogP contribution in [0.15, 0.2) is 54.9 Å². The third-order valence-corrected chi connectivity index (χ3v) is 3.65. The number of nitrogens with one attached hydrogen (secondary N) is 1. The summed E-state index contributed by atoms with van der Waals surface area (Å²) in [6.45, 7) is 5.01. The lowest BCUT2D eigenvalue weighted by molar-refractivity contribution is 0.631. The molecule has 1 aromatic carbocycles. The molecular weight excluding hydrogens is 258 g/mol. The normalized spacial score (nSPS) is 12.5. The standard InChI is InChI=1S/C18H19N3/c1-3-19-18(15-10-9-13(2)21-12-15)16-8-4-6-14-7-5-11-20-17(14)16/h4-12,18-19H,3H2,1-2H3. The van der Waals surface area contributed by atoms with Crippen molar-refractivity contribution in [2.45, 2.75) is 19.9 Å². The van der Waals surface area contributed by atoms with Crippen molar-refractivity contribution in [1.29, 1.82) is 0 Å². The van der Waals surface area contributed by atoms with Gasteiger partial charge in [0.2, 0.25) is 0 Å². The molecule has 0 aliphatic carbocycles. The van der Waals surface area contributed by atoms with E-state index in [-0.39, 0.29) is 6.04 Å². The minimum absolute atomic E-state index is 0.113. The minimum Gasteiger partial charge on any atom is -0.306 e. The number of benzene rings is 1. The maximum atomic E-state index is 4.57. The quantitative estimate of drug-likeness (QED) is 0.791. The topological polar surface area (TPSA) is 37.8 Å². The van der Waals surface area contributed by atoms with Crippen LogP contribution in [0.5, 0.6) is 0 Å². The van der Waals surface area contributed by atoms with Crippen LogP contribution >= 0.6 is 0 Å². The van der Waals surface area contributed by atoms with Crippen LogP contribution in [0, 0.1) is 6.92 Å². The lowest BCUT2D eigenvalue weighted by Crippen LogP contribution is -2.22. The first-order chi connectivity index (χ1) is 10.3. The maximum absolute atomic E-state index is 4.57. The van der Waals surface area contributed by atoms with Gasteiger partial charge in [-0.2, -0.15) is 0 Å². The molecular formula is C18H19N3. The number of hydrogen-bond acceptors (Lipinski definition) is 3. The van der Waals surface area contributed by atoms with Crippen LogP contribution in [-0.4, -0.2) is 16.5 Å². The van der Waals surface area contributed by atoms with Crippen molar-refractivity contribution in [2.75, 3.05) is 6.54 Å². The first kappa shape index (κ1) is 13.7. The molecule has 0 spiro atoms. The van der Waals surface area contributed by atoms with Gasteiger partial charge < -0.3 is 5.32 Å². The van der Waals surface area contributed by atoms with Crippen molar-refractivity contribution in [1.82, 2.24) is 15.3 Å². The highest BCUT2D eigenvalue weighted by atomic mass is 14.9. The first-order valence-corrected chi connectivity index (χ1v) is 7.29. The summed E-state index contributed by atoms with van der Waals surface area (Å²) >= 11 is 0. The second kappa shape index (κ2) is 6.02. The Labute approximate surface area is 125 Å². The summed E-state index contributed by atoms with van der Waals surface area (Å²) in [5, 5.41) is 4.71. The van der Waals surface area contributed by atoms with E-state index in [1.807, 2.05) is 25.4 Å². The zero-order valence-corrected chi connectivity index (χ0v) is 12.4. The second-order valence-corrected chi connectivity index (χ2v) is 5.15. The van der Waals surface area contributed by atoms with Gasteiger partial charge in [0.1, 0.15) is 0 Å². The molecule has 3 rings (SSSR count). The first-order valence-electron chi connectivity index (χ1n) is 7.29. The Morgan fingerprint density at radius 1 is 1.05 bits per heavy atom. The lowest BCUT2D eigenvalue weighted by Gasteiger charge is -2.20. The van der Waals surface area contributed by atoms with Gasteiger partial charge in [-0.3, -0.25) is 9.97 Å². The van der Waals surface area contributed by atoms with Crippen molar-refractivity contribution in [2.24, 2.45) is 0 Å². The molecule has 0 radical (unpaired) electrons. The molecule has 0 aliphatic heterocycles. The number of rotatable bonds is 4. The Hall–Kier alpha value is -2.26. The molecule has 0 amide bonds. The van der Waals surface area contributed by atoms with Gasteiger partial charge in [-0.1, -0.05) is 37.3 Å². The van der Waals surface area contributed by atoms with Gasteiger partial charge in [-0.05, 0) is 36.7 Å². The fourth-order valence-corrected chi connectivity index (χ4v) is 2.62. The van der Waals surface area contributed by atoms with E-state index in [2.05, 4.69) is 58.6 Å². The third-order valence-electron chi connectivity index (χ3n) is 3.65. The zero-order valence-electron chi connectivity index (χ0n) is 12.4. The fourth-order valence-electron chi connectivity index (χ4n) is 2.62. The molecule has 21 heavy (non-hydrogen) atoms. The Morgan fingerprint density at radius 3 is 2.67 bits per heavy atom. The number of para-hydroxylation sites is 1. The zero-order chi connectivity index (χ0) is 14.7. The molecule has 3 heteroatoms. The Kier molecular flexibility index (Phi) is 3.93. The number of hydrogen-bond donors (Lipinski definition) is 1. The average Bonchev–Trinajstić information content (AvgIpc) is 2.53. The van der Waals surface area contributed by atoms with Crippen LogP contribution in [0.1, 0.15) is 29.8 Å². The summed E-state index contributed by atoms with van der Waals surface area (Å²) in [7, 11) is 0.